The average Bonchev–Trinajstić information content (AvgIpc) is 2.48. The van der Waals surface area contributed by atoms with Gasteiger partial charge in [0.15, 0.2) is 0 Å². The molecule has 2 aromatic rings. The van der Waals surface area contributed by atoms with E-state index in [1.165, 1.54) is 22.5 Å². The maximum atomic E-state index is 5.88. The molecule has 0 heterocycles. The second-order valence-corrected chi connectivity index (χ2v) is 6.39. The van der Waals surface area contributed by atoms with Crippen molar-refractivity contribution in [3.63, 3.8) is 0 Å². The summed E-state index contributed by atoms with van der Waals surface area (Å²) >= 11 is 3.66. The monoisotopic (exact) mass is 346 g/mol. The van der Waals surface area contributed by atoms with Crippen LogP contribution >= 0.6 is 15.9 Å². The number of nitrogens with two attached hydrogens (primary N) is 1. The van der Waals surface area contributed by atoms with Gasteiger partial charge in [0.25, 0.3) is 0 Å². The predicted molar refractivity (Wildman–Crippen MR) is 95.4 cm³/mol. The summed E-state index contributed by atoms with van der Waals surface area (Å²) in [4.78, 5) is 2.19. The largest absolute Gasteiger partial charge is 0.345 e. The van der Waals surface area contributed by atoms with Gasteiger partial charge in [-0.05, 0) is 55.2 Å². The summed E-state index contributed by atoms with van der Waals surface area (Å²) in [6.45, 7) is 4.20. The molecular weight excluding hydrogens is 324 g/mol. The van der Waals surface area contributed by atoms with E-state index in [9.17, 15) is 0 Å². The molecule has 0 aromatic heterocycles. The third kappa shape index (κ3) is 4.08. The van der Waals surface area contributed by atoms with Crippen molar-refractivity contribution in [3.05, 3.63) is 58.1 Å². The number of benzene rings is 2. The molecule has 0 fully saturated rings. The highest BCUT2D eigenvalue weighted by atomic mass is 79.9. The minimum absolute atomic E-state index is 0.173. The maximum absolute atomic E-state index is 5.88. The van der Waals surface area contributed by atoms with E-state index in [4.69, 9.17) is 5.73 Å². The van der Waals surface area contributed by atoms with Gasteiger partial charge in [-0.25, -0.2) is 0 Å². The quantitative estimate of drug-likeness (QED) is 0.852. The fourth-order valence-electron chi connectivity index (χ4n) is 2.36. The zero-order valence-electron chi connectivity index (χ0n) is 12.9. The molecule has 2 N–H and O–H groups in total. The van der Waals surface area contributed by atoms with Gasteiger partial charge in [0.05, 0.1) is 0 Å². The number of rotatable bonds is 5. The summed E-state index contributed by atoms with van der Waals surface area (Å²) in [5.41, 5.74) is 10.9. The molecule has 112 valence electrons. The summed E-state index contributed by atoms with van der Waals surface area (Å²) in [6.07, 6.45) is 1.96. The SMILES string of the molecule is CCc1ccc(N(C)c2ccc(CC(C)N)c(Br)c2)cc1. The first kappa shape index (κ1) is 16.1. The number of halogens is 1. The van der Waals surface area contributed by atoms with Crippen molar-refractivity contribution in [1.82, 2.24) is 0 Å². The molecule has 0 aliphatic carbocycles. The predicted octanol–water partition coefficient (Wildman–Crippen LogP) is 4.67. The van der Waals surface area contributed by atoms with E-state index in [1.54, 1.807) is 0 Å². The minimum Gasteiger partial charge on any atom is -0.345 e. The summed E-state index contributed by atoms with van der Waals surface area (Å²) in [5, 5.41) is 0. The molecule has 2 nitrogen and oxygen atoms in total. The molecule has 1 atom stereocenters. The Morgan fingerprint density at radius 2 is 1.71 bits per heavy atom. The number of hydrogen-bond donors (Lipinski definition) is 1. The maximum Gasteiger partial charge on any atom is 0.0419 e. The molecule has 0 saturated heterocycles. The van der Waals surface area contributed by atoms with E-state index < -0.39 is 0 Å². The lowest BCUT2D eigenvalue weighted by Gasteiger charge is -2.21. The molecule has 3 heteroatoms. The summed E-state index contributed by atoms with van der Waals surface area (Å²) in [6, 6.07) is 15.3. The molecule has 0 aliphatic heterocycles. The standard InChI is InChI=1S/C18H23BrN2/c1-4-14-5-8-16(9-6-14)21(3)17-10-7-15(11-13(2)20)18(19)12-17/h5-10,12-13H,4,11,20H2,1-3H3. The lowest BCUT2D eigenvalue weighted by Crippen LogP contribution is -2.18. The molecule has 1 unspecified atom stereocenters. The molecule has 0 saturated carbocycles. The van der Waals surface area contributed by atoms with Crippen molar-refractivity contribution in [3.8, 4) is 0 Å². The fourth-order valence-corrected chi connectivity index (χ4v) is 2.89. The third-order valence-corrected chi connectivity index (χ3v) is 4.44. The van der Waals surface area contributed by atoms with Crippen molar-refractivity contribution in [1.29, 1.82) is 0 Å². The van der Waals surface area contributed by atoms with E-state index in [1.807, 2.05) is 6.92 Å². The van der Waals surface area contributed by atoms with Crippen LogP contribution in [0, 0.1) is 0 Å². The van der Waals surface area contributed by atoms with Crippen molar-refractivity contribution >= 4 is 27.3 Å². The molecule has 0 radical (unpaired) electrons. The normalized spacial score (nSPS) is 12.2. The Morgan fingerprint density at radius 3 is 2.24 bits per heavy atom. The lowest BCUT2D eigenvalue weighted by atomic mass is 10.1. The van der Waals surface area contributed by atoms with Crippen LogP contribution in [0.5, 0.6) is 0 Å². The summed E-state index contributed by atoms with van der Waals surface area (Å²) in [5.74, 6) is 0. The molecule has 0 aliphatic rings. The zero-order chi connectivity index (χ0) is 15.4. The Morgan fingerprint density at radius 1 is 1.10 bits per heavy atom. The molecule has 0 bridgehead atoms. The topological polar surface area (TPSA) is 29.3 Å². The van der Waals surface area contributed by atoms with Gasteiger partial charge in [-0.15, -0.1) is 0 Å². The first-order valence-corrected chi connectivity index (χ1v) is 8.17. The second kappa shape index (κ2) is 7.10. The number of hydrogen-bond acceptors (Lipinski definition) is 2. The Hall–Kier alpha value is -1.32. The van der Waals surface area contributed by atoms with Gasteiger partial charge in [-0.2, -0.15) is 0 Å². The van der Waals surface area contributed by atoms with E-state index in [-0.39, 0.29) is 6.04 Å². The molecule has 2 rings (SSSR count). The molecule has 21 heavy (non-hydrogen) atoms. The first-order valence-electron chi connectivity index (χ1n) is 7.38. The van der Waals surface area contributed by atoms with Crippen molar-refractivity contribution in [2.75, 3.05) is 11.9 Å². The van der Waals surface area contributed by atoms with Gasteiger partial charge >= 0.3 is 0 Å². The molecular formula is C18H23BrN2. The highest BCUT2D eigenvalue weighted by Crippen LogP contribution is 2.29. The van der Waals surface area contributed by atoms with Crippen molar-refractivity contribution < 1.29 is 0 Å². The highest BCUT2D eigenvalue weighted by molar-refractivity contribution is 9.10. The zero-order valence-corrected chi connectivity index (χ0v) is 14.5. The number of nitrogens with zero attached hydrogens (tertiary/aromatic N) is 1. The summed E-state index contributed by atoms with van der Waals surface area (Å²) in [7, 11) is 2.09. The van der Waals surface area contributed by atoms with Crippen LogP contribution in [0.25, 0.3) is 0 Å². The summed E-state index contributed by atoms with van der Waals surface area (Å²) < 4.78 is 1.12. The van der Waals surface area contributed by atoms with Crippen LogP contribution in [0.15, 0.2) is 46.9 Å². The van der Waals surface area contributed by atoms with Crippen LogP contribution in [0.3, 0.4) is 0 Å². The highest BCUT2D eigenvalue weighted by Gasteiger charge is 2.08. The van der Waals surface area contributed by atoms with Gasteiger partial charge in [0.2, 0.25) is 0 Å². The van der Waals surface area contributed by atoms with Crippen LogP contribution in [-0.4, -0.2) is 13.1 Å². The number of aryl methyl sites for hydroxylation is 1. The Bertz CT molecular complexity index is 591. The Balaban J connectivity index is 2.22. The van der Waals surface area contributed by atoms with Gasteiger partial charge in [-0.1, -0.05) is 41.1 Å². The smallest absolute Gasteiger partial charge is 0.0419 e. The Kier molecular flexibility index (Phi) is 5.43. The van der Waals surface area contributed by atoms with Gasteiger partial charge < -0.3 is 10.6 Å². The van der Waals surface area contributed by atoms with Gasteiger partial charge in [0.1, 0.15) is 0 Å². The van der Waals surface area contributed by atoms with Crippen LogP contribution in [-0.2, 0) is 12.8 Å². The van der Waals surface area contributed by atoms with E-state index >= 15 is 0 Å². The molecule has 0 amide bonds. The van der Waals surface area contributed by atoms with Gasteiger partial charge in [-0.3, -0.25) is 0 Å². The van der Waals surface area contributed by atoms with E-state index in [0.717, 1.165) is 17.3 Å². The van der Waals surface area contributed by atoms with E-state index in [2.05, 4.69) is 77.3 Å². The molecule has 0 spiro atoms. The minimum atomic E-state index is 0.173. The van der Waals surface area contributed by atoms with Crippen LogP contribution in [0.1, 0.15) is 25.0 Å². The first-order chi connectivity index (χ1) is 10.0. The van der Waals surface area contributed by atoms with Crippen molar-refractivity contribution in [2.45, 2.75) is 32.7 Å². The average molecular weight is 347 g/mol. The van der Waals surface area contributed by atoms with Crippen molar-refractivity contribution in [2.24, 2.45) is 5.73 Å². The Labute approximate surface area is 136 Å². The van der Waals surface area contributed by atoms with Crippen LogP contribution < -0.4 is 10.6 Å². The second-order valence-electron chi connectivity index (χ2n) is 5.54. The van der Waals surface area contributed by atoms with Crippen LogP contribution in [0.4, 0.5) is 11.4 Å². The molecule has 2 aromatic carbocycles. The number of anilines is 2. The van der Waals surface area contributed by atoms with Crippen LogP contribution in [0.2, 0.25) is 0 Å². The third-order valence-electron chi connectivity index (χ3n) is 3.70. The lowest BCUT2D eigenvalue weighted by molar-refractivity contribution is 0.736. The van der Waals surface area contributed by atoms with E-state index in [0.29, 0.717) is 0 Å². The van der Waals surface area contributed by atoms with Gasteiger partial charge in [0, 0.05) is 28.9 Å². The fraction of sp³-hybridized carbons (Fsp3) is 0.333.